The van der Waals surface area contributed by atoms with Crippen molar-refractivity contribution in [3.05, 3.63) is 53.1 Å². The fourth-order valence-electron chi connectivity index (χ4n) is 3.52. The van der Waals surface area contributed by atoms with Crippen LogP contribution in [0.2, 0.25) is 5.02 Å². The van der Waals surface area contributed by atoms with Crippen LogP contribution in [0.4, 0.5) is 11.4 Å². The number of rotatable bonds is 4. The summed E-state index contributed by atoms with van der Waals surface area (Å²) in [5.41, 5.74) is 1.43. The second kappa shape index (κ2) is 7.10. The third-order valence-electron chi connectivity index (χ3n) is 4.88. The molecule has 28 heavy (non-hydrogen) atoms. The average molecular weight is 420 g/mol. The van der Waals surface area contributed by atoms with E-state index in [0.717, 1.165) is 31.6 Å². The summed E-state index contributed by atoms with van der Waals surface area (Å²) in [6.45, 7) is 1.29. The zero-order valence-corrected chi connectivity index (χ0v) is 16.5. The van der Waals surface area contributed by atoms with Crippen LogP contribution in [0.3, 0.4) is 0 Å². The highest BCUT2D eigenvalue weighted by molar-refractivity contribution is 7.90. The monoisotopic (exact) mass is 419 g/mol. The molecule has 146 valence electrons. The van der Waals surface area contributed by atoms with Crippen LogP contribution in [0.1, 0.15) is 23.2 Å². The van der Waals surface area contributed by atoms with E-state index >= 15 is 0 Å². The Morgan fingerprint density at radius 1 is 1.11 bits per heavy atom. The van der Waals surface area contributed by atoms with Crippen molar-refractivity contribution in [1.29, 1.82) is 0 Å². The Balaban J connectivity index is 1.48. The Kier molecular flexibility index (Phi) is 4.76. The van der Waals surface area contributed by atoms with E-state index in [1.54, 1.807) is 18.2 Å². The maximum absolute atomic E-state index is 12.5. The van der Waals surface area contributed by atoms with E-state index in [1.807, 2.05) is 6.07 Å². The minimum absolute atomic E-state index is 0.0771. The molecule has 2 heterocycles. The Hall–Kier alpha value is -2.58. The van der Waals surface area contributed by atoms with Gasteiger partial charge in [-0.05, 0) is 43.2 Å². The Morgan fingerprint density at radius 2 is 1.82 bits per heavy atom. The molecule has 7 nitrogen and oxygen atoms in total. The zero-order chi connectivity index (χ0) is 19.9. The lowest BCUT2D eigenvalue weighted by atomic mass is 10.2. The van der Waals surface area contributed by atoms with Gasteiger partial charge in [-0.2, -0.15) is 0 Å². The van der Waals surface area contributed by atoms with Crippen LogP contribution in [0, 0.1) is 0 Å². The van der Waals surface area contributed by atoms with Gasteiger partial charge in [-0.3, -0.25) is 9.59 Å². The number of carbonyl (C=O) groups excluding carboxylic acids is 2. The molecule has 1 N–H and O–H groups in total. The lowest BCUT2D eigenvalue weighted by Crippen LogP contribution is -2.37. The number of amides is 2. The maximum atomic E-state index is 12.5. The van der Waals surface area contributed by atoms with Crippen LogP contribution in [-0.2, 0) is 14.8 Å². The zero-order valence-electron chi connectivity index (χ0n) is 14.9. The van der Waals surface area contributed by atoms with Crippen molar-refractivity contribution in [1.82, 2.24) is 4.31 Å². The van der Waals surface area contributed by atoms with E-state index in [1.165, 1.54) is 18.2 Å². The summed E-state index contributed by atoms with van der Waals surface area (Å²) in [7, 11) is -4.02. The predicted octanol–water partition coefficient (Wildman–Crippen LogP) is 2.72. The molecule has 2 aromatic carbocycles. The summed E-state index contributed by atoms with van der Waals surface area (Å²) in [6, 6.07) is 11.1. The van der Waals surface area contributed by atoms with Crippen LogP contribution >= 0.6 is 11.6 Å². The first-order valence-corrected chi connectivity index (χ1v) is 10.7. The molecule has 4 rings (SSSR count). The molecular weight excluding hydrogens is 402 g/mol. The first-order chi connectivity index (χ1) is 13.4. The number of carbonyl (C=O) groups is 2. The van der Waals surface area contributed by atoms with Gasteiger partial charge in [0.15, 0.2) is 0 Å². The molecule has 1 fully saturated rings. The van der Waals surface area contributed by atoms with Gasteiger partial charge in [0.2, 0.25) is 5.91 Å². The number of sulfonamides is 1. The van der Waals surface area contributed by atoms with Gasteiger partial charge in [-0.25, -0.2) is 12.7 Å². The first-order valence-electron chi connectivity index (χ1n) is 8.88. The molecule has 2 aromatic rings. The van der Waals surface area contributed by atoms with Crippen molar-refractivity contribution in [2.24, 2.45) is 0 Å². The number of benzene rings is 2. The van der Waals surface area contributed by atoms with Crippen LogP contribution in [0.15, 0.2) is 47.4 Å². The summed E-state index contributed by atoms with van der Waals surface area (Å²) < 4.78 is 25.6. The number of hydrogen-bond acceptors (Lipinski definition) is 5. The molecule has 9 heteroatoms. The van der Waals surface area contributed by atoms with Gasteiger partial charge in [0.25, 0.3) is 15.9 Å². The normalized spacial score (nSPS) is 17.7. The maximum Gasteiger partial charge on any atom is 0.269 e. The molecule has 0 atom stereocenters. The summed E-state index contributed by atoms with van der Waals surface area (Å²) in [5.74, 6) is -1.32. The first kappa shape index (κ1) is 18.8. The van der Waals surface area contributed by atoms with Crippen LogP contribution in [-0.4, -0.2) is 44.2 Å². The molecule has 0 aliphatic carbocycles. The highest BCUT2D eigenvalue weighted by atomic mass is 35.5. The second-order valence-electron chi connectivity index (χ2n) is 6.72. The Labute approximate surface area is 167 Å². The summed E-state index contributed by atoms with van der Waals surface area (Å²) in [4.78, 5) is 26.9. The minimum atomic E-state index is -4.02. The van der Waals surface area contributed by atoms with E-state index in [0.29, 0.717) is 15.0 Å². The van der Waals surface area contributed by atoms with Gasteiger partial charge in [-0.15, -0.1) is 0 Å². The highest BCUT2D eigenvalue weighted by Gasteiger charge is 2.41. The summed E-state index contributed by atoms with van der Waals surface area (Å²) in [6.07, 6.45) is 2.24. The Bertz CT molecular complexity index is 1060. The lowest BCUT2D eigenvalue weighted by Gasteiger charge is -2.20. The predicted molar refractivity (Wildman–Crippen MR) is 106 cm³/mol. The van der Waals surface area contributed by atoms with Crippen molar-refractivity contribution in [2.45, 2.75) is 17.7 Å². The van der Waals surface area contributed by atoms with Crippen molar-refractivity contribution >= 4 is 44.8 Å². The van der Waals surface area contributed by atoms with E-state index in [-0.39, 0.29) is 10.5 Å². The largest absolute Gasteiger partial charge is 0.370 e. The fraction of sp³-hybridized carbons (Fsp3) is 0.263. The van der Waals surface area contributed by atoms with Crippen molar-refractivity contribution in [3.8, 4) is 0 Å². The highest BCUT2D eigenvalue weighted by Crippen LogP contribution is 2.32. The van der Waals surface area contributed by atoms with Gasteiger partial charge < -0.3 is 10.2 Å². The quantitative estimate of drug-likeness (QED) is 0.823. The third kappa shape index (κ3) is 3.22. The number of halogens is 1. The van der Waals surface area contributed by atoms with Gasteiger partial charge in [0.1, 0.15) is 11.4 Å². The molecule has 0 aromatic heterocycles. The fourth-order valence-corrected chi connectivity index (χ4v) is 5.34. The van der Waals surface area contributed by atoms with Gasteiger partial charge in [0, 0.05) is 18.8 Å². The number of fused-ring (bicyclic) bond motifs is 1. The molecule has 0 radical (unpaired) electrons. The molecule has 2 aliphatic heterocycles. The molecule has 0 bridgehead atoms. The smallest absolute Gasteiger partial charge is 0.269 e. The van der Waals surface area contributed by atoms with E-state index in [4.69, 9.17) is 11.6 Å². The van der Waals surface area contributed by atoms with E-state index < -0.39 is 28.4 Å². The number of anilines is 2. The number of nitrogens with one attached hydrogen (secondary N) is 1. The average Bonchev–Trinajstić information content (AvgIpc) is 3.25. The van der Waals surface area contributed by atoms with Crippen molar-refractivity contribution in [3.63, 3.8) is 0 Å². The standard InChI is InChI=1S/C19H18ClN3O4S/c20-15-11-13(7-8-16(15)22-9-3-4-10-22)21-18(24)12-23-19(25)14-5-1-2-6-17(14)28(23,26)27/h1-2,5-8,11H,3-4,9-10,12H2,(H,21,24). The SMILES string of the molecule is O=C(CN1C(=O)c2ccccc2S1(=O)=O)Nc1ccc(N2CCCC2)c(Cl)c1. The molecule has 0 spiro atoms. The number of hydrogen-bond donors (Lipinski definition) is 1. The molecule has 0 saturated carbocycles. The lowest BCUT2D eigenvalue weighted by molar-refractivity contribution is -0.116. The minimum Gasteiger partial charge on any atom is -0.370 e. The Morgan fingerprint density at radius 3 is 2.50 bits per heavy atom. The third-order valence-corrected chi connectivity index (χ3v) is 6.97. The molecular formula is C19H18ClN3O4S. The number of nitrogens with zero attached hydrogens (tertiary/aromatic N) is 2. The molecule has 2 amide bonds. The van der Waals surface area contributed by atoms with Gasteiger partial charge in [-0.1, -0.05) is 23.7 Å². The van der Waals surface area contributed by atoms with Crippen LogP contribution in [0.25, 0.3) is 0 Å². The van der Waals surface area contributed by atoms with Gasteiger partial charge in [0.05, 0.1) is 16.3 Å². The topological polar surface area (TPSA) is 86.8 Å². The van der Waals surface area contributed by atoms with Crippen molar-refractivity contribution in [2.75, 3.05) is 29.9 Å². The molecule has 2 aliphatic rings. The second-order valence-corrected chi connectivity index (χ2v) is 8.96. The van der Waals surface area contributed by atoms with E-state index in [9.17, 15) is 18.0 Å². The summed E-state index contributed by atoms with van der Waals surface area (Å²) >= 11 is 6.34. The van der Waals surface area contributed by atoms with Crippen LogP contribution < -0.4 is 10.2 Å². The molecule has 1 saturated heterocycles. The van der Waals surface area contributed by atoms with E-state index in [2.05, 4.69) is 10.2 Å². The van der Waals surface area contributed by atoms with Crippen LogP contribution in [0.5, 0.6) is 0 Å². The van der Waals surface area contributed by atoms with Gasteiger partial charge >= 0.3 is 0 Å². The van der Waals surface area contributed by atoms with Crippen molar-refractivity contribution < 1.29 is 18.0 Å². The molecule has 0 unspecified atom stereocenters. The summed E-state index contributed by atoms with van der Waals surface area (Å²) in [5, 5.41) is 3.12.